The third kappa shape index (κ3) is 4.65. The molecule has 0 atom stereocenters. The molecule has 0 radical (unpaired) electrons. The second kappa shape index (κ2) is 7.45. The Hall–Kier alpha value is -1.98. The maximum atomic E-state index is 5.68. The summed E-state index contributed by atoms with van der Waals surface area (Å²) in [6.45, 7) is 0.541. The molecule has 2 aromatic rings. The lowest BCUT2D eigenvalue weighted by molar-refractivity contribution is 0.306. The standard InChI is InChI=1S/C16H14ClNO/c17-10-2-1-3-14-4-6-16(7-5-14)19-13-15-8-11-18-12-9-15/h4-9,11-12H,2,10,13H2. The first-order valence-electron chi connectivity index (χ1n) is 6.05. The summed E-state index contributed by atoms with van der Waals surface area (Å²) in [5, 5.41) is 0. The molecule has 0 aliphatic heterocycles. The first-order chi connectivity index (χ1) is 9.38. The molecule has 0 N–H and O–H groups in total. The van der Waals surface area contributed by atoms with Crippen molar-refractivity contribution in [2.75, 3.05) is 5.88 Å². The van der Waals surface area contributed by atoms with Gasteiger partial charge in [0, 0.05) is 30.3 Å². The molecule has 96 valence electrons. The minimum atomic E-state index is 0.541. The van der Waals surface area contributed by atoms with Crippen LogP contribution in [0.25, 0.3) is 0 Å². The predicted molar refractivity (Wildman–Crippen MR) is 77.2 cm³/mol. The van der Waals surface area contributed by atoms with Gasteiger partial charge >= 0.3 is 0 Å². The highest BCUT2D eigenvalue weighted by molar-refractivity contribution is 6.18. The zero-order valence-electron chi connectivity index (χ0n) is 10.5. The largest absolute Gasteiger partial charge is 0.489 e. The number of halogens is 1. The van der Waals surface area contributed by atoms with Crippen LogP contribution in [0.2, 0.25) is 0 Å². The maximum Gasteiger partial charge on any atom is 0.119 e. The van der Waals surface area contributed by atoms with Gasteiger partial charge in [0.2, 0.25) is 0 Å². The highest BCUT2D eigenvalue weighted by atomic mass is 35.5. The van der Waals surface area contributed by atoms with Gasteiger partial charge in [-0.2, -0.15) is 0 Å². The van der Waals surface area contributed by atoms with Crippen LogP contribution in [-0.2, 0) is 6.61 Å². The van der Waals surface area contributed by atoms with E-state index in [0.29, 0.717) is 18.9 Å². The summed E-state index contributed by atoms with van der Waals surface area (Å²) >= 11 is 5.57. The zero-order chi connectivity index (χ0) is 13.3. The van der Waals surface area contributed by atoms with Crippen LogP contribution in [0.15, 0.2) is 48.8 Å². The molecule has 0 amide bonds. The average Bonchev–Trinajstić information content (AvgIpc) is 2.48. The number of nitrogens with zero attached hydrogens (tertiary/aromatic N) is 1. The lowest BCUT2D eigenvalue weighted by Crippen LogP contribution is -1.95. The number of benzene rings is 1. The normalized spacial score (nSPS) is 9.53. The molecule has 1 aromatic carbocycles. The SMILES string of the molecule is ClCCC#Cc1ccc(OCc2ccncc2)cc1. The van der Waals surface area contributed by atoms with E-state index in [4.69, 9.17) is 16.3 Å². The van der Waals surface area contributed by atoms with Gasteiger partial charge in [0.05, 0.1) is 0 Å². The van der Waals surface area contributed by atoms with E-state index in [1.54, 1.807) is 12.4 Å². The fraction of sp³-hybridized carbons (Fsp3) is 0.188. The second-order valence-electron chi connectivity index (χ2n) is 3.91. The van der Waals surface area contributed by atoms with Crippen molar-refractivity contribution in [3.8, 4) is 17.6 Å². The Morgan fingerprint density at radius 3 is 2.47 bits per heavy atom. The zero-order valence-corrected chi connectivity index (χ0v) is 11.2. The molecule has 0 aliphatic carbocycles. The van der Waals surface area contributed by atoms with Gasteiger partial charge in [-0.1, -0.05) is 11.8 Å². The minimum Gasteiger partial charge on any atom is -0.489 e. The molecule has 0 spiro atoms. The van der Waals surface area contributed by atoms with Crippen LogP contribution in [0, 0.1) is 11.8 Å². The number of rotatable bonds is 4. The van der Waals surface area contributed by atoms with Crippen molar-refractivity contribution >= 4 is 11.6 Å². The third-order valence-electron chi connectivity index (χ3n) is 2.46. The third-order valence-corrected chi connectivity index (χ3v) is 2.65. The predicted octanol–water partition coefficient (Wildman–Crippen LogP) is 3.64. The molecule has 0 saturated heterocycles. The van der Waals surface area contributed by atoms with Crippen LogP contribution >= 0.6 is 11.6 Å². The summed E-state index contributed by atoms with van der Waals surface area (Å²) in [6.07, 6.45) is 4.23. The summed E-state index contributed by atoms with van der Waals surface area (Å²) in [4.78, 5) is 3.97. The second-order valence-corrected chi connectivity index (χ2v) is 4.29. The molecule has 3 heteroatoms. The lowest BCUT2D eigenvalue weighted by atomic mass is 10.2. The Morgan fingerprint density at radius 1 is 1.05 bits per heavy atom. The van der Waals surface area contributed by atoms with Gasteiger partial charge in [-0.25, -0.2) is 0 Å². The van der Waals surface area contributed by atoms with Crippen molar-refractivity contribution in [1.29, 1.82) is 0 Å². The Balaban J connectivity index is 1.91. The number of hydrogen-bond acceptors (Lipinski definition) is 2. The van der Waals surface area contributed by atoms with Crippen molar-refractivity contribution < 1.29 is 4.74 Å². The van der Waals surface area contributed by atoms with E-state index in [2.05, 4.69) is 16.8 Å². The molecule has 1 aromatic heterocycles. The van der Waals surface area contributed by atoms with E-state index < -0.39 is 0 Å². The number of alkyl halides is 1. The van der Waals surface area contributed by atoms with Crippen LogP contribution < -0.4 is 4.74 Å². The van der Waals surface area contributed by atoms with E-state index in [-0.39, 0.29) is 0 Å². The maximum absolute atomic E-state index is 5.68. The topological polar surface area (TPSA) is 22.1 Å². The summed E-state index contributed by atoms with van der Waals surface area (Å²) in [7, 11) is 0. The van der Waals surface area contributed by atoms with Crippen molar-refractivity contribution in [2.45, 2.75) is 13.0 Å². The van der Waals surface area contributed by atoms with E-state index >= 15 is 0 Å². The fourth-order valence-corrected chi connectivity index (χ4v) is 1.59. The molecule has 2 nitrogen and oxygen atoms in total. The molecule has 0 bridgehead atoms. The number of pyridine rings is 1. The number of aromatic nitrogens is 1. The van der Waals surface area contributed by atoms with Crippen molar-refractivity contribution in [2.24, 2.45) is 0 Å². The molecule has 19 heavy (non-hydrogen) atoms. The summed E-state index contributed by atoms with van der Waals surface area (Å²) in [5.74, 6) is 7.45. The van der Waals surface area contributed by atoms with Crippen molar-refractivity contribution in [3.63, 3.8) is 0 Å². The Labute approximate surface area is 118 Å². The average molecular weight is 272 g/mol. The molecule has 0 saturated carbocycles. The summed E-state index contributed by atoms with van der Waals surface area (Å²) in [6, 6.07) is 11.6. The smallest absolute Gasteiger partial charge is 0.119 e. The Morgan fingerprint density at radius 2 is 1.79 bits per heavy atom. The van der Waals surface area contributed by atoms with Crippen LogP contribution in [0.1, 0.15) is 17.5 Å². The van der Waals surface area contributed by atoms with Gasteiger partial charge < -0.3 is 4.74 Å². The Bertz CT molecular complexity index is 555. The summed E-state index contributed by atoms with van der Waals surface area (Å²) < 4.78 is 5.68. The van der Waals surface area contributed by atoms with Crippen LogP contribution in [0.4, 0.5) is 0 Å². The lowest BCUT2D eigenvalue weighted by Gasteiger charge is -2.05. The highest BCUT2D eigenvalue weighted by Crippen LogP contribution is 2.13. The van der Waals surface area contributed by atoms with Crippen molar-refractivity contribution in [3.05, 3.63) is 59.9 Å². The minimum absolute atomic E-state index is 0.541. The highest BCUT2D eigenvalue weighted by Gasteiger charge is 1.95. The summed E-state index contributed by atoms with van der Waals surface area (Å²) in [5.41, 5.74) is 2.07. The van der Waals surface area contributed by atoms with Gasteiger partial charge in [0.25, 0.3) is 0 Å². The monoisotopic (exact) mass is 271 g/mol. The van der Waals surface area contributed by atoms with Crippen LogP contribution in [-0.4, -0.2) is 10.9 Å². The number of hydrogen-bond donors (Lipinski definition) is 0. The molecule has 0 fully saturated rings. The van der Waals surface area contributed by atoms with E-state index in [1.165, 1.54) is 0 Å². The molecule has 0 aliphatic rings. The Kier molecular flexibility index (Phi) is 5.28. The van der Waals surface area contributed by atoms with Gasteiger partial charge in [0.1, 0.15) is 12.4 Å². The molecular formula is C16H14ClNO. The van der Waals surface area contributed by atoms with Crippen LogP contribution in [0.5, 0.6) is 5.75 Å². The molecule has 2 rings (SSSR count). The molecular weight excluding hydrogens is 258 g/mol. The number of ether oxygens (including phenoxy) is 1. The van der Waals surface area contributed by atoms with Gasteiger partial charge in [-0.3, -0.25) is 4.98 Å². The fourth-order valence-electron chi connectivity index (χ4n) is 1.49. The molecule has 1 heterocycles. The van der Waals surface area contributed by atoms with Crippen molar-refractivity contribution in [1.82, 2.24) is 4.98 Å². The van der Waals surface area contributed by atoms with E-state index in [9.17, 15) is 0 Å². The first kappa shape index (κ1) is 13.5. The van der Waals surface area contributed by atoms with Gasteiger partial charge in [-0.15, -0.1) is 11.6 Å². The van der Waals surface area contributed by atoms with E-state index in [0.717, 1.165) is 16.9 Å². The quantitative estimate of drug-likeness (QED) is 0.626. The van der Waals surface area contributed by atoms with E-state index in [1.807, 2.05) is 36.4 Å². The first-order valence-corrected chi connectivity index (χ1v) is 6.58. The van der Waals surface area contributed by atoms with Gasteiger partial charge in [-0.05, 0) is 42.0 Å². The van der Waals surface area contributed by atoms with Gasteiger partial charge in [0.15, 0.2) is 0 Å². The van der Waals surface area contributed by atoms with Crippen LogP contribution in [0.3, 0.4) is 0 Å². The molecule has 0 unspecified atom stereocenters.